The van der Waals surface area contributed by atoms with Crippen LogP contribution in [0.2, 0.25) is 0 Å². The number of hydrogen-bond acceptors (Lipinski definition) is 3. The zero-order chi connectivity index (χ0) is 15.4. The van der Waals surface area contributed by atoms with E-state index in [0.29, 0.717) is 16.7 Å². The first-order chi connectivity index (χ1) is 10.0. The predicted octanol–water partition coefficient (Wildman–Crippen LogP) is 4.13. The molecule has 0 amide bonds. The molecule has 1 aromatic carbocycles. The Bertz CT molecular complexity index is 695. The highest BCUT2D eigenvalue weighted by molar-refractivity contribution is 9.10. The molecule has 0 aliphatic carbocycles. The Kier molecular flexibility index (Phi) is 5.36. The number of allylic oxidation sites excluding steroid dienone is 1. The molecular weight excluding hydrogens is 398 g/mol. The molecule has 0 spiro atoms. The summed E-state index contributed by atoms with van der Waals surface area (Å²) in [5.74, 6) is 0. The number of nitrogens with zero attached hydrogens (tertiary/aromatic N) is 2. The first kappa shape index (κ1) is 16.0. The largest absolute Gasteiger partial charge is 0.376 e. The molecule has 4 nitrogen and oxygen atoms in total. The van der Waals surface area contributed by atoms with Gasteiger partial charge in [-0.2, -0.15) is 5.10 Å². The fourth-order valence-corrected chi connectivity index (χ4v) is 2.57. The van der Waals surface area contributed by atoms with Gasteiger partial charge in [-0.05, 0) is 40.5 Å². The third-order valence-corrected chi connectivity index (χ3v) is 4.32. The second-order valence-electron chi connectivity index (χ2n) is 4.57. The molecule has 0 aliphatic rings. The van der Waals surface area contributed by atoms with Crippen LogP contribution < -0.4 is 10.9 Å². The molecule has 1 aromatic heterocycles. The average Bonchev–Trinajstić information content (AvgIpc) is 2.47. The summed E-state index contributed by atoms with van der Waals surface area (Å²) < 4.78 is 2.86. The van der Waals surface area contributed by atoms with E-state index in [1.165, 1.54) is 4.68 Å². The van der Waals surface area contributed by atoms with Gasteiger partial charge in [-0.15, -0.1) is 6.58 Å². The molecule has 1 heterocycles. The third-order valence-electron chi connectivity index (χ3n) is 3.03. The third kappa shape index (κ3) is 3.83. The number of halogens is 2. The number of benzene rings is 1. The van der Waals surface area contributed by atoms with Crippen molar-refractivity contribution in [3.05, 3.63) is 68.0 Å². The molecule has 2 rings (SSSR count). The Morgan fingerprint density at radius 3 is 2.67 bits per heavy atom. The van der Waals surface area contributed by atoms with Crippen molar-refractivity contribution >= 4 is 37.5 Å². The summed E-state index contributed by atoms with van der Waals surface area (Å²) in [6.07, 6.45) is 3.28. The predicted molar refractivity (Wildman–Crippen MR) is 92.6 cm³/mol. The lowest BCUT2D eigenvalue weighted by molar-refractivity contribution is 0.648. The second kappa shape index (κ2) is 7.04. The maximum atomic E-state index is 12.1. The van der Waals surface area contributed by atoms with Gasteiger partial charge in [0.15, 0.2) is 0 Å². The minimum atomic E-state index is -0.178. The lowest BCUT2D eigenvalue weighted by Gasteiger charge is -2.17. The van der Waals surface area contributed by atoms with Crippen molar-refractivity contribution < 1.29 is 0 Å². The van der Waals surface area contributed by atoms with Gasteiger partial charge in [0.25, 0.3) is 5.56 Å². The summed E-state index contributed by atoms with van der Waals surface area (Å²) in [6, 6.07) is 8.10. The summed E-state index contributed by atoms with van der Waals surface area (Å²) in [7, 11) is 0. The Labute approximate surface area is 140 Å². The van der Waals surface area contributed by atoms with Crippen molar-refractivity contribution in [3.8, 4) is 0 Å². The van der Waals surface area contributed by atoms with E-state index >= 15 is 0 Å². The fourth-order valence-electron chi connectivity index (χ4n) is 1.89. The van der Waals surface area contributed by atoms with Crippen molar-refractivity contribution in [1.29, 1.82) is 0 Å². The maximum absolute atomic E-state index is 12.1. The first-order valence-electron chi connectivity index (χ1n) is 6.41. The summed E-state index contributed by atoms with van der Waals surface area (Å²) in [5, 5.41) is 7.41. The van der Waals surface area contributed by atoms with Crippen LogP contribution in [0.3, 0.4) is 0 Å². The molecule has 1 unspecified atom stereocenters. The van der Waals surface area contributed by atoms with Crippen molar-refractivity contribution in [2.24, 2.45) is 0 Å². The SMILES string of the molecule is C=CCn1ncc(NC(C)c2ccc(Br)cc2)c(Br)c1=O. The number of anilines is 1. The smallest absolute Gasteiger partial charge is 0.283 e. The highest BCUT2D eigenvalue weighted by Gasteiger charge is 2.11. The van der Waals surface area contributed by atoms with Crippen LogP contribution in [0.5, 0.6) is 0 Å². The molecule has 110 valence electrons. The molecule has 0 saturated carbocycles. The lowest BCUT2D eigenvalue weighted by Crippen LogP contribution is -2.24. The fraction of sp³-hybridized carbons (Fsp3) is 0.200. The van der Waals surface area contributed by atoms with Gasteiger partial charge in [-0.3, -0.25) is 4.79 Å². The van der Waals surface area contributed by atoms with Gasteiger partial charge < -0.3 is 5.32 Å². The van der Waals surface area contributed by atoms with Crippen molar-refractivity contribution in [1.82, 2.24) is 9.78 Å². The molecule has 21 heavy (non-hydrogen) atoms. The van der Waals surface area contributed by atoms with Crippen LogP contribution in [-0.4, -0.2) is 9.78 Å². The van der Waals surface area contributed by atoms with E-state index in [1.54, 1.807) is 12.3 Å². The summed E-state index contributed by atoms with van der Waals surface area (Å²) in [5.41, 5.74) is 1.62. The molecule has 0 fully saturated rings. The Morgan fingerprint density at radius 1 is 1.38 bits per heavy atom. The monoisotopic (exact) mass is 411 g/mol. The summed E-state index contributed by atoms with van der Waals surface area (Å²) >= 11 is 6.75. The van der Waals surface area contributed by atoms with Gasteiger partial charge in [-0.25, -0.2) is 4.68 Å². The Morgan fingerprint density at radius 2 is 2.05 bits per heavy atom. The molecule has 0 bridgehead atoms. The van der Waals surface area contributed by atoms with Gasteiger partial charge >= 0.3 is 0 Å². The van der Waals surface area contributed by atoms with E-state index in [1.807, 2.05) is 31.2 Å². The molecule has 6 heteroatoms. The van der Waals surface area contributed by atoms with Crippen LogP contribution in [0.25, 0.3) is 0 Å². The maximum Gasteiger partial charge on any atom is 0.283 e. The Hall–Kier alpha value is -1.40. The molecular formula is C15H15Br2N3O. The van der Waals surface area contributed by atoms with Crippen LogP contribution in [0.15, 0.2) is 56.9 Å². The normalized spacial score (nSPS) is 12.0. The summed E-state index contributed by atoms with van der Waals surface area (Å²) in [6.45, 7) is 6.03. The number of nitrogens with one attached hydrogen (secondary N) is 1. The van der Waals surface area contributed by atoms with Crippen LogP contribution in [0.1, 0.15) is 18.5 Å². The van der Waals surface area contributed by atoms with Crippen molar-refractivity contribution in [2.45, 2.75) is 19.5 Å². The van der Waals surface area contributed by atoms with E-state index < -0.39 is 0 Å². The van der Waals surface area contributed by atoms with Crippen LogP contribution >= 0.6 is 31.9 Å². The van der Waals surface area contributed by atoms with Crippen LogP contribution in [0.4, 0.5) is 5.69 Å². The van der Waals surface area contributed by atoms with Gasteiger partial charge in [0.2, 0.25) is 0 Å². The number of rotatable bonds is 5. The van der Waals surface area contributed by atoms with Gasteiger partial charge in [0, 0.05) is 10.5 Å². The van der Waals surface area contributed by atoms with E-state index in [0.717, 1.165) is 10.0 Å². The molecule has 0 aliphatic heterocycles. The lowest BCUT2D eigenvalue weighted by atomic mass is 10.1. The topological polar surface area (TPSA) is 46.9 Å². The van der Waals surface area contributed by atoms with Crippen molar-refractivity contribution in [2.75, 3.05) is 5.32 Å². The standard InChI is InChI=1S/C15H15Br2N3O/c1-3-8-20-15(21)14(17)13(9-18-20)19-10(2)11-4-6-12(16)7-5-11/h3-7,9-10,19H,1,8H2,2H3. The van der Waals surface area contributed by atoms with Crippen LogP contribution in [0, 0.1) is 0 Å². The Balaban J connectivity index is 2.23. The van der Waals surface area contributed by atoms with Crippen LogP contribution in [-0.2, 0) is 6.54 Å². The van der Waals surface area contributed by atoms with E-state index in [9.17, 15) is 4.79 Å². The molecule has 0 saturated heterocycles. The van der Waals surface area contributed by atoms with Gasteiger partial charge in [0.1, 0.15) is 4.47 Å². The molecule has 1 atom stereocenters. The first-order valence-corrected chi connectivity index (χ1v) is 8.00. The second-order valence-corrected chi connectivity index (χ2v) is 6.27. The van der Waals surface area contributed by atoms with E-state index in [-0.39, 0.29) is 11.6 Å². The molecule has 2 aromatic rings. The van der Waals surface area contributed by atoms with Crippen molar-refractivity contribution in [3.63, 3.8) is 0 Å². The number of hydrogen-bond donors (Lipinski definition) is 1. The minimum absolute atomic E-state index is 0.0610. The molecule has 0 radical (unpaired) electrons. The summed E-state index contributed by atoms with van der Waals surface area (Å²) in [4.78, 5) is 12.1. The van der Waals surface area contributed by atoms with Gasteiger partial charge in [0.05, 0.1) is 18.4 Å². The molecule has 1 N–H and O–H groups in total. The highest BCUT2D eigenvalue weighted by Crippen LogP contribution is 2.24. The average molecular weight is 413 g/mol. The quantitative estimate of drug-likeness (QED) is 0.751. The van der Waals surface area contributed by atoms with Gasteiger partial charge in [-0.1, -0.05) is 34.1 Å². The zero-order valence-corrected chi connectivity index (χ0v) is 14.7. The van der Waals surface area contributed by atoms with E-state index in [4.69, 9.17) is 0 Å². The van der Waals surface area contributed by atoms with E-state index in [2.05, 4.69) is 48.9 Å². The zero-order valence-electron chi connectivity index (χ0n) is 11.5. The minimum Gasteiger partial charge on any atom is -0.376 e. The highest BCUT2D eigenvalue weighted by atomic mass is 79.9. The number of aromatic nitrogens is 2.